The Hall–Kier alpha value is -1.35. The van der Waals surface area contributed by atoms with Crippen molar-refractivity contribution in [2.75, 3.05) is 13.2 Å². The number of hydrogen-bond acceptors (Lipinski definition) is 2. The SMILES string of the molecule is CCC(CC)(CO)CNC(=O)CC(C)c1ccccc1. The zero-order valence-electron chi connectivity index (χ0n) is 12.9. The Kier molecular flexibility index (Phi) is 6.73. The highest BCUT2D eigenvalue weighted by molar-refractivity contribution is 5.76. The Morgan fingerprint density at radius 2 is 1.85 bits per heavy atom. The van der Waals surface area contributed by atoms with Crippen molar-refractivity contribution >= 4 is 5.91 Å². The van der Waals surface area contributed by atoms with E-state index in [2.05, 4.69) is 26.1 Å². The van der Waals surface area contributed by atoms with Crippen LogP contribution in [0.4, 0.5) is 0 Å². The smallest absolute Gasteiger partial charge is 0.220 e. The fraction of sp³-hybridized carbons (Fsp3) is 0.588. The fourth-order valence-corrected chi connectivity index (χ4v) is 2.32. The molecule has 1 aromatic carbocycles. The molecule has 0 fully saturated rings. The molecule has 1 rings (SSSR count). The first-order valence-electron chi connectivity index (χ1n) is 7.49. The molecule has 0 radical (unpaired) electrons. The minimum absolute atomic E-state index is 0.0566. The number of nitrogens with one attached hydrogen (secondary N) is 1. The first-order chi connectivity index (χ1) is 9.56. The summed E-state index contributed by atoms with van der Waals surface area (Å²) in [5.74, 6) is 0.268. The summed E-state index contributed by atoms with van der Waals surface area (Å²) in [5.41, 5.74) is 1.01. The van der Waals surface area contributed by atoms with Gasteiger partial charge in [0.25, 0.3) is 0 Å². The third-order valence-corrected chi connectivity index (χ3v) is 4.36. The van der Waals surface area contributed by atoms with Gasteiger partial charge in [0, 0.05) is 18.4 Å². The molecule has 0 aliphatic heterocycles. The van der Waals surface area contributed by atoms with E-state index in [1.54, 1.807) is 0 Å². The molecule has 0 heterocycles. The fourth-order valence-electron chi connectivity index (χ4n) is 2.32. The van der Waals surface area contributed by atoms with Crippen LogP contribution in [0.1, 0.15) is 51.5 Å². The molecule has 0 aromatic heterocycles. The van der Waals surface area contributed by atoms with Crippen molar-refractivity contribution < 1.29 is 9.90 Å². The van der Waals surface area contributed by atoms with Crippen LogP contribution in [0.15, 0.2) is 30.3 Å². The molecular formula is C17H27NO2. The quantitative estimate of drug-likeness (QED) is 0.767. The van der Waals surface area contributed by atoms with E-state index in [1.807, 2.05) is 30.3 Å². The molecule has 3 nitrogen and oxygen atoms in total. The van der Waals surface area contributed by atoms with E-state index in [0.717, 1.165) is 12.8 Å². The van der Waals surface area contributed by atoms with Gasteiger partial charge in [0.2, 0.25) is 5.91 Å². The highest BCUT2D eigenvalue weighted by Crippen LogP contribution is 2.25. The molecule has 3 heteroatoms. The predicted octanol–water partition coefficient (Wildman–Crippen LogP) is 3.10. The number of aliphatic hydroxyl groups is 1. The van der Waals surface area contributed by atoms with Crippen molar-refractivity contribution in [1.82, 2.24) is 5.32 Å². The predicted molar refractivity (Wildman–Crippen MR) is 82.6 cm³/mol. The van der Waals surface area contributed by atoms with Crippen LogP contribution >= 0.6 is 0 Å². The van der Waals surface area contributed by atoms with E-state index in [4.69, 9.17) is 0 Å². The Morgan fingerprint density at radius 3 is 2.35 bits per heavy atom. The van der Waals surface area contributed by atoms with Crippen molar-refractivity contribution in [1.29, 1.82) is 0 Å². The van der Waals surface area contributed by atoms with Crippen molar-refractivity contribution in [3.63, 3.8) is 0 Å². The maximum absolute atomic E-state index is 12.0. The van der Waals surface area contributed by atoms with Crippen LogP contribution < -0.4 is 5.32 Å². The van der Waals surface area contributed by atoms with Crippen LogP contribution in [0, 0.1) is 5.41 Å². The third kappa shape index (κ3) is 4.64. The number of carbonyl (C=O) groups is 1. The van der Waals surface area contributed by atoms with Gasteiger partial charge in [-0.25, -0.2) is 0 Å². The van der Waals surface area contributed by atoms with Crippen molar-refractivity contribution in [2.24, 2.45) is 5.41 Å². The molecule has 1 atom stereocenters. The molecule has 1 unspecified atom stereocenters. The summed E-state index contributed by atoms with van der Waals surface area (Å²) in [6.45, 7) is 6.84. The van der Waals surface area contributed by atoms with Gasteiger partial charge in [-0.15, -0.1) is 0 Å². The zero-order valence-corrected chi connectivity index (χ0v) is 12.9. The second kappa shape index (κ2) is 8.05. The van der Waals surface area contributed by atoms with Gasteiger partial charge in [-0.3, -0.25) is 4.79 Å². The normalized spacial score (nSPS) is 13.0. The molecular weight excluding hydrogens is 250 g/mol. The molecule has 1 aromatic rings. The summed E-state index contributed by atoms with van der Waals surface area (Å²) in [6, 6.07) is 10.1. The first kappa shape index (κ1) is 16.7. The average molecular weight is 277 g/mol. The number of amides is 1. The van der Waals surface area contributed by atoms with Crippen LogP contribution in [-0.2, 0) is 4.79 Å². The van der Waals surface area contributed by atoms with E-state index in [0.29, 0.717) is 13.0 Å². The number of benzene rings is 1. The molecule has 20 heavy (non-hydrogen) atoms. The molecule has 2 N–H and O–H groups in total. The molecule has 0 aliphatic rings. The van der Waals surface area contributed by atoms with Gasteiger partial charge in [0.1, 0.15) is 0 Å². The molecule has 112 valence electrons. The van der Waals surface area contributed by atoms with Gasteiger partial charge < -0.3 is 10.4 Å². The monoisotopic (exact) mass is 277 g/mol. The second-order valence-corrected chi connectivity index (χ2v) is 5.66. The van der Waals surface area contributed by atoms with Gasteiger partial charge in [0.15, 0.2) is 0 Å². The van der Waals surface area contributed by atoms with Gasteiger partial charge >= 0.3 is 0 Å². The largest absolute Gasteiger partial charge is 0.396 e. The maximum Gasteiger partial charge on any atom is 0.220 e. The van der Waals surface area contributed by atoms with Gasteiger partial charge in [-0.2, -0.15) is 0 Å². The van der Waals surface area contributed by atoms with Crippen LogP contribution in [0.25, 0.3) is 0 Å². The highest BCUT2D eigenvalue weighted by atomic mass is 16.3. The van der Waals surface area contributed by atoms with Crippen molar-refractivity contribution in [3.05, 3.63) is 35.9 Å². The van der Waals surface area contributed by atoms with Crippen LogP contribution in [0.5, 0.6) is 0 Å². The van der Waals surface area contributed by atoms with Crippen molar-refractivity contribution in [3.8, 4) is 0 Å². The van der Waals surface area contributed by atoms with Gasteiger partial charge in [-0.1, -0.05) is 51.1 Å². The summed E-state index contributed by atoms with van der Waals surface area (Å²) >= 11 is 0. The molecule has 0 saturated heterocycles. The van der Waals surface area contributed by atoms with E-state index in [-0.39, 0.29) is 23.8 Å². The van der Waals surface area contributed by atoms with E-state index in [9.17, 15) is 9.90 Å². The topological polar surface area (TPSA) is 49.3 Å². The van der Waals surface area contributed by atoms with Crippen LogP contribution in [0.3, 0.4) is 0 Å². The average Bonchev–Trinajstić information content (AvgIpc) is 2.50. The van der Waals surface area contributed by atoms with Crippen LogP contribution in [0.2, 0.25) is 0 Å². The lowest BCUT2D eigenvalue weighted by atomic mass is 9.83. The minimum Gasteiger partial charge on any atom is -0.396 e. The number of hydrogen-bond donors (Lipinski definition) is 2. The van der Waals surface area contributed by atoms with E-state index in [1.165, 1.54) is 5.56 Å². The zero-order chi connectivity index (χ0) is 15.0. The number of rotatable bonds is 8. The Labute approximate surface area is 122 Å². The van der Waals surface area contributed by atoms with E-state index >= 15 is 0 Å². The summed E-state index contributed by atoms with van der Waals surface area (Å²) in [6.07, 6.45) is 2.22. The summed E-state index contributed by atoms with van der Waals surface area (Å²) < 4.78 is 0. The number of carbonyl (C=O) groups excluding carboxylic acids is 1. The molecule has 0 spiro atoms. The summed E-state index contributed by atoms with van der Waals surface area (Å²) in [4.78, 5) is 12.0. The van der Waals surface area contributed by atoms with Crippen molar-refractivity contribution in [2.45, 2.75) is 46.0 Å². The molecule has 0 saturated carbocycles. The summed E-state index contributed by atoms with van der Waals surface area (Å²) in [7, 11) is 0. The minimum atomic E-state index is -0.175. The Bertz CT molecular complexity index is 390. The molecule has 0 bridgehead atoms. The third-order valence-electron chi connectivity index (χ3n) is 4.36. The summed E-state index contributed by atoms with van der Waals surface area (Å²) in [5, 5.41) is 12.5. The first-order valence-corrected chi connectivity index (χ1v) is 7.49. The van der Waals surface area contributed by atoms with Gasteiger partial charge in [0.05, 0.1) is 6.61 Å². The molecule has 1 amide bonds. The standard InChI is InChI=1S/C17H27NO2/c1-4-17(5-2,13-19)12-18-16(20)11-14(3)15-9-7-6-8-10-15/h6-10,14,19H,4-5,11-13H2,1-3H3,(H,18,20). The lowest BCUT2D eigenvalue weighted by Crippen LogP contribution is -2.39. The maximum atomic E-state index is 12.0. The lowest BCUT2D eigenvalue weighted by molar-refractivity contribution is -0.122. The Morgan fingerprint density at radius 1 is 1.25 bits per heavy atom. The Balaban J connectivity index is 2.48. The molecule has 0 aliphatic carbocycles. The van der Waals surface area contributed by atoms with E-state index < -0.39 is 0 Å². The highest BCUT2D eigenvalue weighted by Gasteiger charge is 2.26. The number of aliphatic hydroxyl groups excluding tert-OH is 1. The lowest BCUT2D eigenvalue weighted by Gasteiger charge is -2.29. The van der Waals surface area contributed by atoms with Crippen LogP contribution in [-0.4, -0.2) is 24.2 Å². The van der Waals surface area contributed by atoms with Gasteiger partial charge in [-0.05, 0) is 24.3 Å². The second-order valence-electron chi connectivity index (χ2n) is 5.66.